The summed E-state index contributed by atoms with van der Waals surface area (Å²) in [5.41, 5.74) is 5.57. The molecule has 0 saturated carbocycles. The van der Waals surface area contributed by atoms with Gasteiger partial charge in [-0.05, 0) is 13.8 Å². The fraction of sp³-hybridized carbons (Fsp3) is 0.583. The number of carbonyl (C=O) groups excluding carboxylic acids is 2. The van der Waals surface area contributed by atoms with Crippen molar-refractivity contribution in [1.29, 1.82) is 0 Å². The van der Waals surface area contributed by atoms with Crippen LogP contribution in [-0.2, 0) is 20.7 Å². The highest BCUT2D eigenvalue weighted by Gasteiger charge is 2.21. The van der Waals surface area contributed by atoms with Gasteiger partial charge in [-0.15, -0.1) is 11.3 Å². The van der Waals surface area contributed by atoms with Gasteiger partial charge in [-0.2, -0.15) is 0 Å². The molecule has 0 aliphatic rings. The van der Waals surface area contributed by atoms with Crippen molar-refractivity contribution in [2.45, 2.75) is 38.6 Å². The summed E-state index contributed by atoms with van der Waals surface area (Å²) in [5, 5.41) is 5.76. The second-order valence-corrected chi connectivity index (χ2v) is 5.73. The van der Waals surface area contributed by atoms with Crippen LogP contribution >= 0.6 is 11.3 Å². The molecule has 0 spiro atoms. The predicted molar refractivity (Wildman–Crippen MR) is 74.0 cm³/mol. The molecule has 0 bridgehead atoms. The van der Waals surface area contributed by atoms with Gasteiger partial charge in [0, 0.05) is 23.8 Å². The molecule has 1 aromatic rings. The van der Waals surface area contributed by atoms with E-state index in [1.54, 1.807) is 0 Å². The Morgan fingerprint density at radius 3 is 2.79 bits per heavy atom. The minimum atomic E-state index is -0.441. The van der Waals surface area contributed by atoms with Crippen LogP contribution in [0.1, 0.15) is 32.4 Å². The molecule has 0 saturated heterocycles. The number of primary amides is 1. The lowest BCUT2D eigenvalue weighted by Gasteiger charge is -2.24. The number of amides is 1. The van der Waals surface area contributed by atoms with Crippen LogP contribution in [0.4, 0.5) is 5.13 Å². The number of nitrogens with zero attached hydrogens (tertiary/aromatic N) is 1. The average molecular weight is 285 g/mol. The second kappa shape index (κ2) is 6.51. The molecular formula is C12H19N3O3S. The van der Waals surface area contributed by atoms with Gasteiger partial charge in [-0.1, -0.05) is 0 Å². The quantitative estimate of drug-likeness (QED) is 0.737. The molecule has 106 valence electrons. The van der Waals surface area contributed by atoms with Gasteiger partial charge in [0.05, 0.1) is 19.2 Å². The monoisotopic (exact) mass is 285 g/mol. The van der Waals surface area contributed by atoms with E-state index in [1.807, 2.05) is 19.2 Å². The first kappa shape index (κ1) is 15.4. The van der Waals surface area contributed by atoms with Crippen molar-refractivity contribution in [3.8, 4) is 0 Å². The number of aryl methyl sites for hydroxylation is 1. The number of ether oxygens (including phenoxy) is 1. The Labute approximate surface area is 116 Å². The zero-order valence-corrected chi connectivity index (χ0v) is 12.2. The SMILES string of the molecule is COC(=O)CCc1csc(NC(C)(C)CC(N)=O)n1. The van der Waals surface area contributed by atoms with Crippen molar-refractivity contribution in [1.82, 2.24) is 4.98 Å². The number of hydrogen-bond donors (Lipinski definition) is 2. The lowest BCUT2D eigenvalue weighted by Crippen LogP contribution is -2.35. The van der Waals surface area contributed by atoms with E-state index in [1.165, 1.54) is 18.4 Å². The summed E-state index contributed by atoms with van der Waals surface area (Å²) in [5.74, 6) is -0.614. The molecule has 7 heteroatoms. The lowest BCUT2D eigenvalue weighted by atomic mass is 10.0. The van der Waals surface area contributed by atoms with Crippen molar-refractivity contribution < 1.29 is 14.3 Å². The highest BCUT2D eigenvalue weighted by atomic mass is 32.1. The van der Waals surface area contributed by atoms with E-state index < -0.39 is 5.54 Å². The topological polar surface area (TPSA) is 94.3 Å². The molecule has 0 aliphatic carbocycles. The first-order chi connectivity index (χ1) is 8.82. The molecule has 1 heterocycles. The van der Waals surface area contributed by atoms with E-state index in [-0.39, 0.29) is 18.3 Å². The Hall–Kier alpha value is -1.63. The van der Waals surface area contributed by atoms with Gasteiger partial charge in [0.2, 0.25) is 5.91 Å². The summed E-state index contributed by atoms with van der Waals surface area (Å²) >= 11 is 1.44. The summed E-state index contributed by atoms with van der Waals surface area (Å²) in [6.07, 6.45) is 1.08. The van der Waals surface area contributed by atoms with Crippen molar-refractivity contribution in [2.24, 2.45) is 5.73 Å². The fourth-order valence-electron chi connectivity index (χ4n) is 1.58. The number of hydrogen-bond acceptors (Lipinski definition) is 6. The normalized spacial score (nSPS) is 11.1. The summed E-state index contributed by atoms with van der Waals surface area (Å²) in [6, 6.07) is 0. The van der Waals surface area contributed by atoms with E-state index >= 15 is 0 Å². The lowest BCUT2D eigenvalue weighted by molar-refractivity contribution is -0.140. The fourth-order valence-corrected chi connectivity index (χ4v) is 2.50. The maximum absolute atomic E-state index is 11.0. The second-order valence-electron chi connectivity index (χ2n) is 4.87. The number of nitrogens with two attached hydrogens (primary N) is 1. The molecule has 0 aromatic carbocycles. The van der Waals surface area contributed by atoms with Crippen LogP contribution in [-0.4, -0.2) is 29.5 Å². The standard InChI is InChI=1S/C12H19N3O3S/c1-12(2,6-9(13)16)15-11-14-8(7-19-11)4-5-10(17)18-3/h7H,4-6H2,1-3H3,(H2,13,16)(H,14,15). The van der Waals surface area contributed by atoms with Crippen LogP contribution < -0.4 is 11.1 Å². The van der Waals surface area contributed by atoms with Crippen molar-refractivity contribution in [2.75, 3.05) is 12.4 Å². The minimum Gasteiger partial charge on any atom is -0.469 e. The molecule has 0 atom stereocenters. The first-order valence-corrected chi connectivity index (χ1v) is 6.78. The largest absolute Gasteiger partial charge is 0.469 e. The smallest absolute Gasteiger partial charge is 0.305 e. The van der Waals surface area contributed by atoms with Gasteiger partial charge in [0.15, 0.2) is 5.13 Å². The van der Waals surface area contributed by atoms with Crippen molar-refractivity contribution in [3.05, 3.63) is 11.1 Å². The Kier molecular flexibility index (Phi) is 5.29. The highest BCUT2D eigenvalue weighted by molar-refractivity contribution is 7.13. The van der Waals surface area contributed by atoms with Crippen LogP contribution in [0.25, 0.3) is 0 Å². The summed E-state index contributed by atoms with van der Waals surface area (Å²) < 4.78 is 4.57. The Bertz CT molecular complexity index is 457. The van der Waals surface area contributed by atoms with Gasteiger partial charge in [0.25, 0.3) is 0 Å². The number of thiazole rings is 1. The number of nitrogens with one attached hydrogen (secondary N) is 1. The molecular weight excluding hydrogens is 266 g/mol. The zero-order valence-electron chi connectivity index (χ0n) is 11.4. The van der Waals surface area contributed by atoms with E-state index in [4.69, 9.17) is 5.73 Å². The van der Waals surface area contributed by atoms with Crippen LogP contribution in [0, 0.1) is 0 Å². The number of rotatable bonds is 7. The number of methoxy groups -OCH3 is 1. The van der Waals surface area contributed by atoms with Crippen LogP contribution in [0.5, 0.6) is 0 Å². The van der Waals surface area contributed by atoms with Gasteiger partial charge < -0.3 is 15.8 Å². The molecule has 0 radical (unpaired) electrons. The average Bonchev–Trinajstić information content (AvgIpc) is 2.70. The highest BCUT2D eigenvalue weighted by Crippen LogP contribution is 2.22. The third-order valence-electron chi connectivity index (χ3n) is 2.43. The van der Waals surface area contributed by atoms with Gasteiger partial charge in [0.1, 0.15) is 0 Å². The van der Waals surface area contributed by atoms with E-state index in [0.29, 0.717) is 18.0 Å². The molecule has 1 aromatic heterocycles. The Morgan fingerprint density at radius 1 is 1.53 bits per heavy atom. The third-order valence-corrected chi connectivity index (χ3v) is 3.23. The molecule has 0 aliphatic heterocycles. The maximum Gasteiger partial charge on any atom is 0.305 e. The molecule has 0 fully saturated rings. The first-order valence-electron chi connectivity index (χ1n) is 5.90. The summed E-state index contributed by atoms with van der Waals surface area (Å²) in [6.45, 7) is 3.76. The molecule has 6 nitrogen and oxygen atoms in total. The van der Waals surface area contributed by atoms with Crippen molar-refractivity contribution in [3.63, 3.8) is 0 Å². The van der Waals surface area contributed by atoms with E-state index in [9.17, 15) is 9.59 Å². The maximum atomic E-state index is 11.0. The van der Waals surface area contributed by atoms with Crippen LogP contribution in [0.2, 0.25) is 0 Å². The Balaban J connectivity index is 2.55. The van der Waals surface area contributed by atoms with Crippen LogP contribution in [0.3, 0.4) is 0 Å². The number of esters is 1. The predicted octanol–water partition coefficient (Wildman–Crippen LogP) is 1.31. The number of carbonyl (C=O) groups is 2. The summed E-state index contributed by atoms with van der Waals surface area (Å²) in [7, 11) is 1.36. The third kappa shape index (κ3) is 5.69. The van der Waals surface area contributed by atoms with E-state index in [2.05, 4.69) is 15.0 Å². The van der Waals surface area contributed by atoms with Gasteiger partial charge >= 0.3 is 5.97 Å². The minimum absolute atomic E-state index is 0.226. The number of aromatic nitrogens is 1. The molecule has 0 unspecified atom stereocenters. The Morgan fingerprint density at radius 2 is 2.21 bits per heavy atom. The van der Waals surface area contributed by atoms with Crippen molar-refractivity contribution >= 4 is 28.3 Å². The molecule has 1 rings (SSSR count). The molecule has 3 N–H and O–H groups in total. The van der Waals surface area contributed by atoms with E-state index in [0.717, 1.165) is 5.69 Å². The summed E-state index contributed by atoms with van der Waals surface area (Å²) in [4.78, 5) is 26.3. The zero-order chi connectivity index (χ0) is 14.5. The number of anilines is 1. The van der Waals surface area contributed by atoms with Crippen LogP contribution in [0.15, 0.2) is 5.38 Å². The van der Waals surface area contributed by atoms with Gasteiger partial charge in [-0.3, -0.25) is 9.59 Å². The van der Waals surface area contributed by atoms with Gasteiger partial charge in [-0.25, -0.2) is 4.98 Å². The molecule has 19 heavy (non-hydrogen) atoms. The molecule has 1 amide bonds.